The zero-order valence-electron chi connectivity index (χ0n) is 18.1. The minimum absolute atomic E-state index is 0.0962. The molecule has 2 N–H and O–H groups in total. The molecule has 1 saturated carbocycles. The lowest BCUT2D eigenvalue weighted by molar-refractivity contribution is -0.167. The van der Waals surface area contributed by atoms with Crippen LogP contribution in [0.25, 0.3) is 0 Å². The van der Waals surface area contributed by atoms with Crippen LogP contribution in [0.5, 0.6) is 0 Å². The molecule has 30 heavy (non-hydrogen) atoms. The van der Waals surface area contributed by atoms with E-state index in [0.717, 1.165) is 31.2 Å². The zero-order chi connectivity index (χ0) is 22.1. The van der Waals surface area contributed by atoms with Crippen molar-refractivity contribution in [3.8, 4) is 0 Å². The fourth-order valence-electron chi connectivity index (χ4n) is 3.89. The Kier molecular flexibility index (Phi) is 9.30. The summed E-state index contributed by atoms with van der Waals surface area (Å²) in [5, 5.41) is 13.2. The zero-order valence-corrected chi connectivity index (χ0v) is 18.1. The lowest BCUT2D eigenvalue weighted by atomic mass is 9.89. The van der Waals surface area contributed by atoms with Crippen molar-refractivity contribution in [2.24, 2.45) is 11.8 Å². The van der Waals surface area contributed by atoms with E-state index in [4.69, 9.17) is 4.74 Å². The molecule has 3 atom stereocenters. The number of benzene rings is 1. The van der Waals surface area contributed by atoms with Crippen LogP contribution < -0.4 is 5.32 Å². The van der Waals surface area contributed by atoms with Gasteiger partial charge in [0.25, 0.3) is 0 Å². The second kappa shape index (κ2) is 11.7. The van der Waals surface area contributed by atoms with Gasteiger partial charge in [-0.15, -0.1) is 0 Å². The van der Waals surface area contributed by atoms with Gasteiger partial charge in [-0.1, -0.05) is 44.2 Å². The van der Waals surface area contributed by atoms with Crippen molar-refractivity contribution in [1.82, 2.24) is 10.4 Å². The van der Waals surface area contributed by atoms with Crippen LogP contribution in [0.2, 0.25) is 0 Å². The molecule has 0 aromatic heterocycles. The molecule has 1 aromatic carbocycles. The Hall–Kier alpha value is -2.41. The molecule has 2 amide bonds. The van der Waals surface area contributed by atoms with Crippen LogP contribution in [0, 0.1) is 11.8 Å². The molecule has 0 heterocycles. The molecule has 0 saturated heterocycles. The summed E-state index contributed by atoms with van der Waals surface area (Å²) in [6.07, 6.45) is 4.76. The van der Waals surface area contributed by atoms with E-state index < -0.39 is 24.0 Å². The molecular formula is C23H34N2O5. The maximum Gasteiger partial charge on any atom is 0.329 e. The van der Waals surface area contributed by atoms with Gasteiger partial charge in [0.1, 0.15) is 12.1 Å². The van der Waals surface area contributed by atoms with Gasteiger partial charge in [-0.25, -0.2) is 9.86 Å². The maximum absolute atomic E-state index is 13.1. The predicted octanol–water partition coefficient (Wildman–Crippen LogP) is 3.10. The Morgan fingerprint density at radius 3 is 2.40 bits per heavy atom. The third kappa shape index (κ3) is 7.13. The molecule has 0 bridgehead atoms. The Labute approximate surface area is 178 Å². The van der Waals surface area contributed by atoms with Crippen LogP contribution >= 0.6 is 0 Å². The standard InChI is InChI=1S/C23H34N2O5/c1-16(2)13-20(17(3)25(29)15-26)22(27)24-21(14-18-9-5-4-6-10-18)23(28)30-19-11-7-8-12-19/h4-6,9-10,15-17,19-21,29H,7-8,11-14H2,1-3H3,(H,24,27). The maximum atomic E-state index is 13.1. The van der Waals surface area contributed by atoms with Gasteiger partial charge in [0, 0.05) is 6.42 Å². The largest absolute Gasteiger partial charge is 0.461 e. The van der Waals surface area contributed by atoms with Crippen molar-refractivity contribution in [3.05, 3.63) is 35.9 Å². The highest BCUT2D eigenvalue weighted by molar-refractivity contribution is 5.86. The molecule has 1 aliphatic carbocycles. The number of hydroxylamine groups is 2. The van der Waals surface area contributed by atoms with E-state index >= 15 is 0 Å². The first-order chi connectivity index (χ1) is 14.3. The van der Waals surface area contributed by atoms with E-state index in [-0.39, 0.29) is 17.9 Å². The minimum atomic E-state index is -0.828. The predicted molar refractivity (Wildman–Crippen MR) is 113 cm³/mol. The summed E-state index contributed by atoms with van der Waals surface area (Å²) < 4.78 is 5.67. The number of nitrogens with one attached hydrogen (secondary N) is 1. The van der Waals surface area contributed by atoms with Gasteiger partial charge in [-0.3, -0.25) is 14.8 Å². The monoisotopic (exact) mass is 418 g/mol. The van der Waals surface area contributed by atoms with Crippen LogP contribution in [-0.2, 0) is 25.5 Å². The van der Waals surface area contributed by atoms with E-state index in [1.54, 1.807) is 6.92 Å². The van der Waals surface area contributed by atoms with Gasteiger partial charge in [0.15, 0.2) is 0 Å². The molecule has 1 fully saturated rings. The van der Waals surface area contributed by atoms with Crippen LogP contribution in [0.3, 0.4) is 0 Å². The van der Waals surface area contributed by atoms with E-state index in [1.165, 1.54) is 0 Å². The number of hydrogen-bond donors (Lipinski definition) is 2. The van der Waals surface area contributed by atoms with Crippen molar-refractivity contribution in [1.29, 1.82) is 0 Å². The lowest BCUT2D eigenvalue weighted by Gasteiger charge is -2.30. The lowest BCUT2D eigenvalue weighted by Crippen LogP contribution is -2.50. The molecule has 0 spiro atoms. The summed E-state index contributed by atoms with van der Waals surface area (Å²) in [7, 11) is 0. The molecule has 7 heteroatoms. The van der Waals surface area contributed by atoms with Crippen molar-refractivity contribution in [3.63, 3.8) is 0 Å². The number of nitrogens with zero attached hydrogens (tertiary/aromatic N) is 1. The summed E-state index contributed by atoms with van der Waals surface area (Å²) in [4.78, 5) is 37.0. The summed E-state index contributed by atoms with van der Waals surface area (Å²) in [5.41, 5.74) is 0.913. The molecule has 0 aliphatic heterocycles. The van der Waals surface area contributed by atoms with Crippen LogP contribution in [0.15, 0.2) is 30.3 Å². The van der Waals surface area contributed by atoms with Gasteiger partial charge >= 0.3 is 5.97 Å². The summed E-state index contributed by atoms with van der Waals surface area (Å²) in [6.45, 7) is 5.54. The van der Waals surface area contributed by atoms with Gasteiger partial charge in [-0.05, 0) is 50.5 Å². The number of esters is 1. The van der Waals surface area contributed by atoms with E-state index in [2.05, 4.69) is 5.32 Å². The molecule has 3 unspecified atom stereocenters. The fraction of sp³-hybridized carbons (Fsp3) is 0.609. The first-order valence-electron chi connectivity index (χ1n) is 10.8. The van der Waals surface area contributed by atoms with Crippen molar-refractivity contribution in [2.45, 2.75) is 77.5 Å². The third-order valence-corrected chi connectivity index (χ3v) is 5.64. The first kappa shape index (κ1) is 23.9. The number of hydrogen-bond acceptors (Lipinski definition) is 5. The minimum Gasteiger partial charge on any atom is -0.461 e. The molecule has 7 nitrogen and oxygen atoms in total. The molecule has 2 rings (SSSR count). The number of ether oxygens (including phenoxy) is 1. The number of carbonyl (C=O) groups excluding carboxylic acids is 3. The van der Waals surface area contributed by atoms with Crippen molar-refractivity contribution in [2.75, 3.05) is 0 Å². The SMILES string of the molecule is CC(C)CC(C(=O)NC(Cc1ccccc1)C(=O)OC1CCCC1)C(C)N(O)C=O. The highest BCUT2D eigenvalue weighted by atomic mass is 16.5. The van der Waals surface area contributed by atoms with Gasteiger partial charge < -0.3 is 10.1 Å². The Morgan fingerprint density at radius 1 is 1.20 bits per heavy atom. The summed E-state index contributed by atoms with van der Waals surface area (Å²) >= 11 is 0. The van der Waals surface area contributed by atoms with E-state index in [1.807, 2.05) is 44.2 Å². The fourth-order valence-corrected chi connectivity index (χ4v) is 3.89. The summed E-state index contributed by atoms with van der Waals surface area (Å²) in [5.74, 6) is -1.30. The van der Waals surface area contributed by atoms with Crippen molar-refractivity contribution >= 4 is 18.3 Å². The second-order valence-electron chi connectivity index (χ2n) is 8.56. The van der Waals surface area contributed by atoms with Gasteiger partial charge in [-0.2, -0.15) is 0 Å². The summed E-state index contributed by atoms with van der Waals surface area (Å²) in [6, 6.07) is 7.92. The van der Waals surface area contributed by atoms with Crippen LogP contribution in [-0.4, -0.2) is 46.7 Å². The molecule has 1 aliphatic rings. The molecule has 166 valence electrons. The molecular weight excluding hydrogens is 384 g/mol. The number of rotatable bonds is 11. The Bertz CT molecular complexity index is 688. The first-order valence-corrected chi connectivity index (χ1v) is 10.8. The third-order valence-electron chi connectivity index (χ3n) is 5.64. The second-order valence-corrected chi connectivity index (χ2v) is 8.56. The quantitative estimate of drug-likeness (QED) is 0.249. The number of carbonyl (C=O) groups is 3. The van der Waals surface area contributed by atoms with E-state index in [0.29, 0.717) is 24.3 Å². The Balaban J connectivity index is 2.16. The van der Waals surface area contributed by atoms with Crippen LogP contribution in [0.4, 0.5) is 0 Å². The van der Waals surface area contributed by atoms with Crippen molar-refractivity contribution < 1.29 is 24.3 Å². The molecule has 1 aromatic rings. The Morgan fingerprint density at radius 2 is 1.83 bits per heavy atom. The topological polar surface area (TPSA) is 95.9 Å². The van der Waals surface area contributed by atoms with Crippen LogP contribution in [0.1, 0.15) is 58.4 Å². The highest BCUT2D eigenvalue weighted by Gasteiger charge is 2.33. The smallest absolute Gasteiger partial charge is 0.329 e. The average Bonchev–Trinajstić information content (AvgIpc) is 3.23. The highest BCUT2D eigenvalue weighted by Crippen LogP contribution is 2.23. The molecule has 0 radical (unpaired) electrons. The van der Waals surface area contributed by atoms with Gasteiger partial charge in [0.2, 0.25) is 12.3 Å². The average molecular weight is 419 g/mol. The van der Waals surface area contributed by atoms with E-state index in [9.17, 15) is 19.6 Å². The normalized spacial score (nSPS) is 17.2. The number of amides is 2. The van der Waals surface area contributed by atoms with Gasteiger partial charge in [0.05, 0.1) is 12.0 Å².